The predicted octanol–water partition coefficient (Wildman–Crippen LogP) is 3.01. The molecule has 1 aliphatic rings. The first-order valence-electron chi connectivity index (χ1n) is 8.27. The van der Waals surface area contributed by atoms with Crippen LogP contribution in [0.3, 0.4) is 0 Å². The van der Waals surface area contributed by atoms with Crippen molar-refractivity contribution in [3.05, 3.63) is 70.8 Å². The molecule has 0 bridgehead atoms. The van der Waals surface area contributed by atoms with Gasteiger partial charge in [0.1, 0.15) is 0 Å². The highest BCUT2D eigenvalue weighted by molar-refractivity contribution is 7.79. The lowest BCUT2D eigenvalue weighted by atomic mass is 9.95. The lowest BCUT2D eigenvalue weighted by Gasteiger charge is -2.32. The molecule has 1 heterocycles. The van der Waals surface area contributed by atoms with Crippen LogP contribution in [-0.4, -0.2) is 54.2 Å². The zero-order valence-corrected chi connectivity index (χ0v) is 14.8. The Bertz CT molecular complexity index is 736. The zero-order valence-electron chi connectivity index (χ0n) is 13.9. The normalized spacial score (nSPS) is 16.0. The third-order valence-corrected chi connectivity index (χ3v) is 4.84. The van der Waals surface area contributed by atoms with E-state index in [1.165, 1.54) is 0 Å². The molecule has 1 fully saturated rings. The summed E-state index contributed by atoms with van der Waals surface area (Å²) in [7, 11) is 2.15. The molecule has 0 radical (unpaired) electrons. The van der Waals surface area contributed by atoms with E-state index in [9.17, 15) is 4.79 Å². The van der Waals surface area contributed by atoms with Crippen molar-refractivity contribution >= 4 is 23.4 Å². The molecule has 4 heteroatoms. The molecule has 3 rings (SSSR count). The number of benzene rings is 2. The van der Waals surface area contributed by atoms with Crippen molar-refractivity contribution < 1.29 is 4.79 Å². The van der Waals surface area contributed by atoms with Crippen LogP contribution in [0.25, 0.3) is 0 Å². The first-order valence-corrected chi connectivity index (χ1v) is 8.74. The Kier molecular flexibility index (Phi) is 5.51. The number of thiocarbonyl (C=S) groups is 1. The van der Waals surface area contributed by atoms with Crippen LogP contribution in [-0.2, 0) is 6.54 Å². The number of likely N-dealkylation sites (N-methyl/N-ethyl adjacent to an activating group) is 1. The van der Waals surface area contributed by atoms with Gasteiger partial charge in [0.25, 0.3) is 0 Å². The summed E-state index contributed by atoms with van der Waals surface area (Å²) in [6.07, 6.45) is 0. The van der Waals surface area contributed by atoms with Crippen LogP contribution in [0.15, 0.2) is 48.5 Å². The van der Waals surface area contributed by atoms with E-state index in [4.69, 9.17) is 12.2 Å². The highest BCUT2D eigenvalue weighted by atomic mass is 32.1. The molecule has 0 aliphatic carbocycles. The molecule has 124 valence electrons. The van der Waals surface area contributed by atoms with Gasteiger partial charge >= 0.3 is 0 Å². The molecule has 0 atom stereocenters. The molecule has 0 amide bonds. The predicted molar refractivity (Wildman–Crippen MR) is 102 cm³/mol. The molecule has 0 saturated carbocycles. The molecule has 1 aliphatic heterocycles. The van der Waals surface area contributed by atoms with E-state index in [1.54, 1.807) is 5.37 Å². The van der Waals surface area contributed by atoms with Crippen LogP contribution < -0.4 is 0 Å². The highest BCUT2D eigenvalue weighted by Gasteiger charge is 2.19. The van der Waals surface area contributed by atoms with Crippen LogP contribution in [0.2, 0.25) is 0 Å². The van der Waals surface area contributed by atoms with Gasteiger partial charge in [-0.25, -0.2) is 0 Å². The van der Waals surface area contributed by atoms with E-state index in [1.807, 2.05) is 42.5 Å². The van der Waals surface area contributed by atoms with Gasteiger partial charge in [0.2, 0.25) is 0 Å². The number of ketones is 1. The molecule has 3 nitrogen and oxygen atoms in total. The van der Waals surface area contributed by atoms with Crippen LogP contribution in [0.4, 0.5) is 0 Å². The molecule has 0 N–H and O–H groups in total. The van der Waals surface area contributed by atoms with Gasteiger partial charge < -0.3 is 4.90 Å². The number of hydrogen-bond acceptors (Lipinski definition) is 4. The van der Waals surface area contributed by atoms with E-state index < -0.39 is 0 Å². The fraction of sp³-hybridized carbons (Fsp3) is 0.300. The number of piperazine rings is 1. The SMILES string of the molecule is CN1CCN(Cc2ccccc2C(=O)c2ccccc2C=S)CC1. The highest BCUT2D eigenvalue weighted by Crippen LogP contribution is 2.19. The summed E-state index contributed by atoms with van der Waals surface area (Å²) in [5.74, 6) is 0.0522. The van der Waals surface area contributed by atoms with Crippen LogP contribution in [0.5, 0.6) is 0 Å². The smallest absolute Gasteiger partial charge is 0.193 e. The number of carbonyl (C=O) groups excluding carboxylic acids is 1. The Morgan fingerprint density at radius 1 is 1.00 bits per heavy atom. The van der Waals surface area contributed by atoms with Crippen molar-refractivity contribution in [3.63, 3.8) is 0 Å². The first kappa shape index (κ1) is 17.0. The zero-order chi connectivity index (χ0) is 16.9. The van der Waals surface area contributed by atoms with Gasteiger partial charge in [0.05, 0.1) is 0 Å². The summed E-state index contributed by atoms with van der Waals surface area (Å²) in [6, 6.07) is 15.5. The maximum atomic E-state index is 13.0. The van der Waals surface area contributed by atoms with E-state index in [0.29, 0.717) is 5.56 Å². The quantitative estimate of drug-likeness (QED) is 0.618. The second-order valence-corrected chi connectivity index (χ2v) is 6.51. The number of hydrogen-bond donors (Lipinski definition) is 0. The Hall–Kier alpha value is -1.88. The fourth-order valence-electron chi connectivity index (χ4n) is 3.08. The molecular formula is C20H22N2OS. The van der Waals surface area contributed by atoms with Crippen molar-refractivity contribution in [2.24, 2.45) is 0 Å². The van der Waals surface area contributed by atoms with Crippen LogP contribution in [0.1, 0.15) is 27.0 Å². The standard InChI is InChI=1S/C20H22N2OS/c1-21-10-12-22(13-11-21)14-16-6-2-4-8-18(16)20(23)19-9-5-3-7-17(19)15-24/h2-9,15H,10-14H2,1H3. The second kappa shape index (κ2) is 7.79. The van der Waals surface area contributed by atoms with Gasteiger partial charge in [-0.15, -0.1) is 0 Å². The van der Waals surface area contributed by atoms with Crippen molar-refractivity contribution in [2.75, 3.05) is 33.2 Å². The molecule has 2 aromatic carbocycles. The van der Waals surface area contributed by atoms with Crippen LogP contribution >= 0.6 is 12.2 Å². The summed E-state index contributed by atoms with van der Waals surface area (Å²) in [6.45, 7) is 5.04. The lowest BCUT2D eigenvalue weighted by Crippen LogP contribution is -2.44. The maximum absolute atomic E-state index is 13.0. The largest absolute Gasteiger partial charge is 0.304 e. The summed E-state index contributed by atoms with van der Waals surface area (Å²) in [5, 5.41) is 1.58. The van der Waals surface area contributed by atoms with Gasteiger partial charge in [-0.05, 0) is 18.2 Å². The van der Waals surface area contributed by atoms with E-state index in [0.717, 1.165) is 49.4 Å². The summed E-state index contributed by atoms with van der Waals surface area (Å²) in [4.78, 5) is 17.8. The van der Waals surface area contributed by atoms with Gasteiger partial charge in [-0.2, -0.15) is 0 Å². The molecule has 0 spiro atoms. The third kappa shape index (κ3) is 3.78. The topological polar surface area (TPSA) is 23.6 Å². The van der Waals surface area contributed by atoms with Crippen molar-refractivity contribution in [3.8, 4) is 0 Å². The average molecular weight is 338 g/mol. The minimum Gasteiger partial charge on any atom is -0.304 e. The monoisotopic (exact) mass is 338 g/mol. The summed E-state index contributed by atoms with van der Waals surface area (Å²) >= 11 is 5.06. The van der Waals surface area contributed by atoms with E-state index >= 15 is 0 Å². The Morgan fingerprint density at radius 2 is 1.62 bits per heavy atom. The number of carbonyl (C=O) groups is 1. The van der Waals surface area contributed by atoms with Gasteiger partial charge in [0.15, 0.2) is 5.78 Å². The van der Waals surface area contributed by atoms with Gasteiger partial charge in [0, 0.05) is 49.2 Å². The van der Waals surface area contributed by atoms with Crippen molar-refractivity contribution in [1.82, 2.24) is 9.80 Å². The minimum absolute atomic E-state index is 0.0522. The first-order chi connectivity index (χ1) is 11.7. The fourth-order valence-corrected chi connectivity index (χ4v) is 3.28. The Labute approximate surface area is 148 Å². The molecule has 1 saturated heterocycles. The molecular weight excluding hydrogens is 316 g/mol. The Morgan fingerprint density at radius 3 is 2.33 bits per heavy atom. The van der Waals surface area contributed by atoms with Crippen molar-refractivity contribution in [1.29, 1.82) is 0 Å². The Balaban J connectivity index is 1.86. The number of rotatable bonds is 5. The van der Waals surface area contributed by atoms with Gasteiger partial charge in [-0.1, -0.05) is 60.7 Å². The minimum atomic E-state index is 0.0522. The lowest BCUT2D eigenvalue weighted by molar-refractivity contribution is 0.103. The van der Waals surface area contributed by atoms with Gasteiger partial charge in [-0.3, -0.25) is 9.69 Å². The molecule has 2 aromatic rings. The average Bonchev–Trinajstić information content (AvgIpc) is 2.63. The number of nitrogens with zero attached hydrogens (tertiary/aromatic N) is 2. The van der Waals surface area contributed by atoms with Crippen molar-refractivity contribution in [2.45, 2.75) is 6.54 Å². The molecule has 24 heavy (non-hydrogen) atoms. The van der Waals surface area contributed by atoms with Crippen LogP contribution in [0, 0.1) is 0 Å². The maximum Gasteiger partial charge on any atom is 0.193 e. The second-order valence-electron chi connectivity index (χ2n) is 6.27. The molecule has 0 unspecified atom stereocenters. The molecule has 0 aromatic heterocycles. The summed E-state index contributed by atoms with van der Waals surface area (Å²) in [5.41, 5.74) is 3.36. The van der Waals surface area contributed by atoms with E-state index in [-0.39, 0.29) is 5.78 Å². The summed E-state index contributed by atoms with van der Waals surface area (Å²) < 4.78 is 0. The third-order valence-electron chi connectivity index (χ3n) is 4.58. The van der Waals surface area contributed by atoms with E-state index in [2.05, 4.69) is 22.9 Å².